The lowest BCUT2D eigenvalue weighted by Gasteiger charge is -2.33. The van der Waals surface area contributed by atoms with Crippen LogP contribution in [0.5, 0.6) is 0 Å². The lowest BCUT2D eigenvalue weighted by molar-refractivity contribution is 0.102. The van der Waals surface area contributed by atoms with Gasteiger partial charge in [-0.15, -0.1) is 11.3 Å². The van der Waals surface area contributed by atoms with Crippen LogP contribution in [0.15, 0.2) is 90.1 Å². The van der Waals surface area contributed by atoms with E-state index in [1.807, 2.05) is 72.9 Å². The van der Waals surface area contributed by atoms with Crippen LogP contribution < -0.4 is 5.32 Å². The summed E-state index contributed by atoms with van der Waals surface area (Å²) >= 11 is 1.67. The highest BCUT2D eigenvalue weighted by molar-refractivity contribution is 7.16. The van der Waals surface area contributed by atoms with E-state index in [2.05, 4.69) is 55.1 Å². The van der Waals surface area contributed by atoms with Gasteiger partial charge in [-0.2, -0.15) is 5.26 Å². The summed E-state index contributed by atoms with van der Waals surface area (Å²) in [5, 5.41) is 14.1. The Balaban J connectivity index is 1.36. The van der Waals surface area contributed by atoms with E-state index >= 15 is 0 Å². The molecule has 1 aliphatic rings. The van der Waals surface area contributed by atoms with Gasteiger partial charge in [0.1, 0.15) is 5.00 Å². The standard InChI is InChI=1S/C36H34N4OS/c1-36(2,3)27-17-18-30-32(19-27)42-35(33(30)34(41)39-28-9-5-4-6-10-28)38-21-26-23-40(31-12-8-7-11-29(26)31)22-25-15-13-24(20-37)14-16-25/h4-16,21,23,27H,17-19,22H2,1-3H3,(H,39,41)/t27-/m1/s1. The number of hydrogen-bond donors (Lipinski definition) is 1. The molecule has 0 unspecified atom stereocenters. The second-order valence-corrected chi connectivity index (χ2v) is 13.2. The number of carbonyl (C=O) groups is 1. The molecule has 210 valence electrons. The molecule has 42 heavy (non-hydrogen) atoms. The molecule has 0 aliphatic heterocycles. The molecule has 0 saturated carbocycles. The van der Waals surface area contributed by atoms with Crippen molar-refractivity contribution in [1.29, 1.82) is 5.26 Å². The van der Waals surface area contributed by atoms with E-state index in [1.54, 1.807) is 11.3 Å². The number of carbonyl (C=O) groups excluding carboxylic acids is 1. The largest absolute Gasteiger partial charge is 0.342 e. The fourth-order valence-corrected chi connectivity index (χ4v) is 7.14. The number of fused-ring (bicyclic) bond motifs is 2. The average Bonchev–Trinajstić information content (AvgIpc) is 3.54. The number of benzene rings is 3. The molecule has 0 spiro atoms. The van der Waals surface area contributed by atoms with E-state index in [4.69, 9.17) is 10.3 Å². The van der Waals surface area contributed by atoms with Gasteiger partial charge in [0.25, 0.3) is 5.91 Å². The molecule has 6 heteroatoms. The number of anilines is 1. The SMILES string of the molecule is CC(C)(C)[C@@H]1CCc2c(sc(N=Cc3cn(Cc4ccc(C#N)cc4)c4ccccc34)c2C(=O)Nc2ccccc2)C1. The number of hydrogen-bond acceptors (Lipinski definition) is 4. The lowest BCUT2D eigenvalue weighted by atomic mass is 9.72. The van der Waals surface area contributed by atoms with Crippen LogP contribution in [0.1, 0.15) is 64.7 Å². The average molecular weight is 571 g/mol. The second kappa shape index (κ2) is 11.4. The highest BCUT2D eigenvalue weighted by Crippen LogP contribution is 2.45. The summed E-state index contributed by atoms with van der Waals surface area (Å²) in [4.78, 5) is 20.0. The first-order valence-electron chi connectivity index (χ1n) is 14.4. The van der Waals surface area contributed by atoms with Crippen molar-refractivity contribution in [1.82, 2.24) is 4.57 Å². The number of amides is 1. The first-order chi connectivity index (χ1) is 20.3. The number of rotatable bonds is 6. The maximum absolute atomic E-state index is 13.7. The molecule has 6 rings (SSSR count). The maximum atomic E-state index is 13.7. The van der Waals surface area contributed by atoms with E-state index in [1.165, 1.54) is 4.88 Å². The fourth-order valence-electron chi connectivity index (χ4n) is 5.87. The Hall–Kier alpha value is -4.47. The Kier molecular flexibility index (Phi) is 7.53. The molecule has 5 aromatic rings. The second-order valence-electron chi connectivity index (χ2n) is 12.1. The normalized spacial score (nSPS) is 15.0. The third-order valence-electron chi connectivity index (χ3n) is 8.31. The number of para-hydroxylation sites is 2. The van der Waals surface area contributed by atoms with Crippen molar-refractivity contribution in [3.05, 3.63) is 118 Å². The maximum Gasteiger partial charge on any atom is 0.259 e. The molecule has 5 nitrogen and oxygen atoms in total. The third-order valence-corrected chi connectivity index (χ3v) is 9.47. The van der Waals surface area contributed by atoms with Gasteiger partial charge in [-0.3, -0.25) is 4.79 Å². The van der Waals surface area contributed by atoms with Gasteiger partial charge in [0.15, 0.2) is 0 Å². The van der Waals surface area contributed by atoms with Crippen LogP contribution in [0.2, 0.25) is 0 Å². The number of nitrogens with one attached hydrogen (secondary N) is 1. The van der Waals surface area contributed by atoms with E-state index in [0.717, 1.165) is 57.5 Å². The Bertz CT molecular complexity index is 1810. The summed E-state index contributed by atoms with van der Waals surface area (Å²) in [5.74, 6) is 0.481. The zero-order valence-corrected chi connectivity index (χ0v) is 25.0. The summed E-state index contributed by atoms with van der Waals surface area (Å²) < 4.78 is 2.22. The Morgan fingerprint density at radius 2 is 1.81 bits per heavy atom. The van der Waals surface area contributed by atoms with Gasteiger partial charge in [-0.1, -0.05) is 69.3 Å². The van der Waals surface area contributed by atoms with Crippen molar-refractivity contribution >= 4 is 45.0 Å². The predicted molar refractivity (Wildman–Crippen MR) is 173 cm³/mol. The van der Waals surface area contributed by atoms with Crippen molar-refractivity contribution in [2.24, 2.45) is 16.3 Å². The van der Waals surface area contributed by atoms with Crippen LogP contribution in [0.3, 0.4) is 0 Å². The summed E-state index contributed by atoms with van der Waals surface area (Å²) in [6.07, 6.45) is 6.98. The monoisotopic (exact) mass is 570 g/mol. The van der Waals surface area contributed by atoms with Gasteiger partial charge in [-0.05, 0) is 72.1 Å². The molecule has 0 bridgehead atoms. The summed E-state index contributed by atoms with van der Waals surface area (Å²) in [6, 6.07) is 27.8. The van der Waals surface area contributed by atoms with Crippen molar-refractivity contribution in [2.75, 3.05) is 5.32 Å². The topological polar surface area (TPSA) is 70.2 Å². The minimum atomic E-state index is -0.0942. The predicted octanol–water partition coefficient (Wildman–Crippen LogP) is 8.78. The van der Waals surface area contributed by atoms with E-state index < -0.39 is 0 Å². The first kappa shape index (κ1) is 27.7. The number of aromatic nitrogens is 1. The number of nitrogens with zero attached hydrogens (tertiary/aromatic N) is 3. The zero-order valence-electron chi connectivity index (χ0n) is 24.2. The van der Waals surface area contributed by atoms with Crippen LogP contribution >= 0.6 is 11.3 Å². The molecule has 1 amide bonds. The molecule has 1 aliphatic carbocycles. The summed E-state index contributed by atoms with van der Waals surface area (Å²) in [7, 11) is 0. The van der Waals surface area contributed by atoms with Crippen LogP contribution in [0.4, 0.5) is 10.7 Å². The van der Waals surface area contributed by atoms with Crippen LogP contribution in [-0.2, 0) is 19.4 Å². The van der Waals surface area contributed by atoms with Crippen LogP contribution in [-0.4, -0.2) is 16.7 Å². The molecule has 0 fully saturated rings. The number of thiophene rings is 1. The highest BCUT2D eigenvalue weighted by Gasteiger charge is 2.33. The van der Waals surface area contributed by atoms with Gasteiger partial charge in [0, 0.05) is 46.0 Å². The quantitative estimate of drug-likeness (QED) is 0.207. The van der Waals surface area contributed by atoms with Crippen molar-refractivity contribution in [2.45, 2.75) is 46.6 Å². The van der Waals surface area contributed by atoms with E-state index in [9.17, 15) is 4.79 Å². The van der Waals surface area contributed by atoms with Gasteiger partial charge < -0.3 is 9.88 Å². The Labute approximate surface area is 251 Å². The van der Waals surface area contributed by atoms with E-state index in [-0.39, 0.29) is 11.3 Å². The molecule has 1 N–H and O–H groups in total. The van der Waals surface area contributed by atoms with Gasteiger partial charge in [-0.25, -0.2) is 4.99 Å². The number of aliphatic imine (C=N–C) groups is 1. The molecule has 1 atom stereocenters. The molecular weight excluding hydrogens is 536 g/mol. The molecule has 0 radical (unpaired) electrons. The van der Waals surface area contributed by atoms with Crippen molar-refractivity contribution < 1.29 is 4.79 Å². The summed E-state index contributed by atoms with van der Waals surface area (Å²) in [5.41, 5.74) is 6.77. The van der Waals surface area contributed by atoms with Gasteiger partial charge >= 0.3 is 0 Å². The van der Waals surface area contributed by atoms with E-state index in [0.29, 0.717) is 23.6 Å². The highest BCUT2D eigenvalue weighted by atomic mass is 32.1. The molecule has 2 aromatic heterocycles. The van der Waals surface area contributed by atoms with Gasteiger partial charge in [0.2, 0.25) is 0 Å². The summed E-state index contributed by atoms with van der Waals surface area (Å²) in [6.45, 7) is 7.62. The molecule has 2 heterocycles. The Morgan fingerprint density at radius 3 is 2.55 bits per heavy atom. The number of nitriles is 1. The van der Waals surface area contributed by atoms with Crippen molar-refractivity contribution in [3.8, 4) is 6.07 Å². The smallest absolute Gasteiger partial charge is 0.259 e. The van der Waals surface area contributed by atoms with Crippen molar-refractivity contribution in [3.63, 3.8) is 0 Å². The first-order valence-corrected chi connectivity index (χ1v) is 15.2. The lowest BCUT2D eigenvalue weighted by Crippen LogP contribution is -2.27. The molecule has 3 aromatic carbocycles. The fraction of sp³-hybridized carbons (Fsp3) is 0.250. The molecular formula is C36H34N4OS. The minimum absolute atomic E-state index is 0.0942. The molecule has 0 saturated heterocycles. The van der Waals surface area contributed by atoms with Gasteiger partial charge in [0.05, 0.1) is 17.2 Å². The Morgan fingerprint density at radius 1 is 1.07 bits per heavy atom. The van der Waals surface area contributed by atoms with Crippen LogP contribution in [0.25, 0.3) is 10.9 Å². The zero-order chi connectivity index (χ0) is 29.3. The van der Waals surface area contributed by atoms with Crippen LogP contribution in [0, 0.1) is 22.7 Å². The minimum Gasteiger partial charge on any atom is -0.342 e. The third kappa shape index (κ3) is 5.66.